The molecule has 0 aromatic heterocycles. The van der Waals surface area contributed by atoms with E-state index in [1.54, 1.807) is 12.1 Å². The van der Waals surface area contributed by atoms with Gasteiger partial charge in [0.05, 0.1) is 5.02 Å². The Hall–Kier alpha value is -2.85. The highest BCUT2D eigenvalue weighted by Gasteiger charge is 2.11. The van der Waals surface area contributed by atoms with Crippen LogP contribution in [0, 0.1) is 5.82 Å². The van der Waals surface area contributed by atoms with Gasteiger partial charge in [0.25, 0.3) is 0 Å². The summed E-state index contributed by atoms with van der Waals surface area (Å²) in [5.41, 5.74) is 0.874. The third kappa shape index (κ3) is 3.80. The Morgan fingerprint density at radius 1 is 1.12 bits per heavy atom. The summed E-state index contributed by atoms with van der Waals surface area (Å²) in [6, 6.07) is 15.6. The fraction of sp³-hybridized carbons (Fsp3) is 0.0500. The van der Waals surface area contributed by atoms with Crippen LogP contribution in [-0.4, -0.2) is 11.1 Å². The molecule has 3 aromatic rings. The van der Waals surface area contributed by atoms with Gasteiger partial charge in [-0.05, 0) is 35.0 Å². The summed E-state index contributed by atoms with van der Waals surface area (Å²) in [5.74, 6) is -1.05. The van der Waals surface area contributed by atoms with Crippen molar-refractivity contribution in [3.8, 4) is 5.75 Å². The van der Waals surface area contributed by atoms with Gasteiger partial charge in [0.15, 0.2) is 0 Å². The lowest BCUT2D eigenvalue weighted by atomic mass is 10.0. The van der Waals surface area contributed by atoms with Gasteiger partial charge in [0.2, 0.25) is 0 Å². The van der Waals surface area contributed by atoms with E-state index in [2.05, 4.69) is 0 Å². The number of ether oxygens (including phenoxy) is 1. The lowest BCUT2D eigenvalue weighted by molar-refractivity contribution is -0.131. The first-order valence-electron chi connectivity index (χ1n) is 7.54. The number of hydrogen-bond donors (Lipinski definition) is 1. The topological polar surface area (TPSA) is 46.5 Å². The predicted molar refractivity (Wildman–Crippen MR) is 96.4 cm³/mol. The molecule has 3 rings (SSSR count). The Labute approximate surface area is 148 Å². The number of carbonyl (C=O) groups is 1. The van der Waals surface area contributed by atoms with Crippen LogP contribution in [0.2, 0.25) is 5.02 Å². The third-order valence-corrected chi connectivity index (χ3v) is 4.11. The zero-order valence-electron chi connectivity index (χ0n) is 13.1. The van der Waals surface area contributed by atoms with Gasteiger partial charge in [-0.1, -0.05) is 48.0 Å². The standard InChI is InChI=1S/C20H14ClFO3/c21-17-6-3-7-18(22)16(17)12-25-19-10-8-13-4-1-2-5-14(13)15(19)9-11-20(23)24/h1-11H,12H2,(H,23,24). The second-order valence-corrected chi connectivity index (χ2v) is 5.77. The average molecular weight is 357 g/mol. The predicted octanol–water partition coefficient (Wildman–Crippen LogP) is 5.31. The molecule has 0 unspecified atom stereocenters. The quantitative estimate of drug-likeness (QED) is 0.630. The van der Waals surface area contributed by atoms with Gasteiger partial charge >= 0.3 is 5.97 Å². The van der Waals surface area contributed by atoms with Gasteiger partial charge in [-0.2, -0.15) is 0 Å². The van der Waals surface area contributed by atoms with Crippen molar-refractivity contribution < 1.29 is 19.0 Å². The Kier molecular flexibility index (Phi) is 5.00. The van der Waals surface area contributed by atoms with Crippen LogP contribution in [0.15, 0.2) is 60.7 Å². The number of aliphatic carboxylic acids is 1. The molecular weight excluding hydrogens is 343 g/mol. The summed E-state index contributed by atoms with van der Waals surface area (Å²) in [5, 5.41) is 11.0. The molecule has 0 saturated carbocycles. The molecule has 0 aliphatic heterocycles. The molecule has 3 aromatic carbocycles. The Morgan fingerprint density at radius 2 is 1.92 bits per heavy atom. The Bertz CT molecular complexity index is 946. The van der Waals surface area contributed by atoms with Crippen LogP contribution >= 0.6 is 11.6 Å². The number of rotatable bonds is 5. The number of carboxylic acid groups (broad SMARTS) is 1. The monoisotopic (exact) mass is 356 g/mol. The van der Waals surface area contributed by atoms with E-state index in [9.17, 15) is 9.18 Å². The molecule has 0 spiro atoms. The molecule has 0 aliphatic carbocycles. The van der Waals surface area contributed by atoms with Crippen molar-refractivity contribution in [1.82, 2.24) is 0 Å². The SMILES string of the molecule is O=C(O)C=Cc1c(OCc2c(F)cccc2Cl)ccc2ccccc12. The average Bonchev–Trinajstić information content (AvgIpc) is 2.59. The summed E-state index contributed by atoms with van der Waals surface area (Å²) < 4.78 is 19.7. The van der Waals surface area contributed by atoms with Gasteiger partial charge in [0.1, 0.15) is 18.2 Å². The lowest BCUT2D eigenvalue weighted by Crippen LogP contribution is -2.01. The van der Waals surface area contributed by atoms with Crippen LogP contribution in [0.25, 0.3) is 16.8 Å². The second-order valence-electron chi connectivity index (χ2n) is 5.36. The normalized spacial score (nSPS) is 11.1. The maximum Gasteiger partial charge on any atom is 0.328 e. The van der Waals surface area contributed by atoms with Gasteiger partial charge in [-0.25, -0.2) is 9.18 Å². The van der Waals surface area contributed by atoms with E-state index >= 15 is 0 Å². The Morgan fingerprint density at radius 3 is 2.68 bits per heavy atom. The largest absolute Gasteiger partial charge is 0.488 e. The molecule has 0 radical (unpaired) electrons. The van der Waals surface area contributed by atoms with E-state index in [1.807, 2.05) is 30.3 Å². The van der Waals surface area contributed by atoms with E-state index in [-0.39, 0.29) is 17.2 Å². The van der Waals surface area contributed by atoms with Crippen molar-refractivity contribution in [2.45, 2.75) is 6.61 Å². The zero-order chi connectivity index (χ0) is 17.8. The molecule has 5 heteroatoms. The van der Waals surface area contributed by atoms with Crippen LogP contribution in [0.5, 0.6) is 5.75 Å². The van der Waals surface area contributed by atoms with Crippen molar-refractivity contribution in [3.05, 3.63) is 82.6 Å². The first kappa shape index (κ1) is 17.0. The highest BCUT2D eigenvalue weighted by molar-refractivity contribution is 6.31. The molecular formula is C20H14ClFO3. The summed E-state index contributed by atoms with van der Waals surface area (Å²) in [7, 11) is 0. The highest BCUT2D eigenvalue weighted by atomic mass is 35.5. The molecule has 0 fully saturated rings. The van der Waals surface area contributed by atoms with Gasteiger partial charge in [-0.15, -0.1) is 0 Å². The third-order valence-electron chi connectivity index (χ3n) is 3.76. The molecule has 0 amide bonds. The minimum atomic E-state index is -1.06. The summed E-state index contributed by atoms with van der Waals surface area (Å²) in [6.45, 7) is -0.0578. The van der Waals surface area contributed by atoms with E-state index in [1.165, 1.54) is 18.2 Å². The van der Waals surface area contributed by atoms with E-state index in [4.69, 9.17) is 21.4 Å². The van der Waals surface area contributed by atoms with Gasteiger partial charge < -0.3 is 9.84 Å². The van der Waals surface area contributed by atoms with E-state index in [0.29, 0.717) is 11.3 Å². The summed E-state index contributed by atoms with van der Waals surface area (Å²) in [4.78, 5) is 10.9. The maximum atomic E-state index is 13.9. The van der Waals surface area contributed by atoms with Crippen LogP contribution in [0.1, 0.15) is 11.1 Å². The smallest absolute Gasteiger partial charge is 0.328 e. The second kappa shape index (κ2) is 7.36. The van der Waals surface area contributed by atoms with Crippen LogP contribution in [-0.2, 0) is 11.4 Å². The van der Waals surface area contributed by atoms with Crippen molar-refractivity contribution in [1.29, 1.82) is 0 Å². The fourth-order valence-corrected chi connectivity index (χ4v) is 2.77. The molecule has 0 heterocycles. The molecule has 25 heavy (non-hydrogen) atoms. The molecule has 0 bridgehead atoms. The molecule has 0 saturated heterocycles. The Balaban J connectivity index is 2.00. The first-order valence-corrected chi connectivity index (χ1v) is 7.92. The molecule has 1 N–H and O–H groups in total. The number of halogens is 2. The molecule has 0 atom stereocenters. The number of carboxylic acids is 1. The van der Waals surface area contributed by atoms with E-state index < -0.39 is 11.8 Å². The molecule has 126 valence electrons. The van der Waals surface area contributed by atoms with Crippen molar-refractivity contribution in [2.75, 3.05) is 0 Å². The highest BCUT2D eigenvalue weighted by Crippen LogP contribution is 2.31. The van der Waals surface area contributed by atoms with Crippen LogP contribution in [0.4, 0.5) is 4.39 Å². The fourth-order valence-electron chi connectivity index (χ4n) is 2.55. The van der Waals surface area contributed by atoms with Crippen molar-refractivity contribution in [2.24, 2.45) is 0 Å². The number of benzene rings is 3. The lowest BCUT2D eigenvalue weighted by Gasteiger charge is -2.13. The van der Waals surface area contributed by atoms with Crippen LogP contribution < -0.4 is 4.74 Å². The summed E-state index contributed by atoms with van der Waals surface area (Å²) in [6.07, 6.45) is 2.52. The first-order chi connectivity index (χ1) is 12.1. The van der Waals surface area contributed by atoms with Gasteiger partial charge in [-0.3, -0.25) is 0 Å². The molecule has 3 nitrogen and oxygen atoms in total. The zero-order valence-corrected chi connectivity index (χ0v) is 13.8. The molecule has 0 aliphatic rings. The minimum Gasteiger partial charge on any atom is -0.488 e. The van der Waals surface area contributed by atoms with Gasteiger partial charge in [0, 0.05) is 17.2 Å². The summed E-state index contributed by atoms with van der Waals surface area (Å²) >= 11 is 6.02. The maximum absolute atomic E-state index is 13.9. The van der Waals surface area contributed by atoms with Crippen molar-refractivity contribution >= 4 is 34.4 Å². The minimum absolute atomic E-state index is 0.0578. The number of fused-ring (bicyclic) bond motifs is 1. The van der Waals surface area contributed by atoms with Crippen LogP contribution in [0.3, 0.4) is 0 Å². The van der Waals surface area contributed by atoms with E-state index in [0.717, 1.165) is 16.8 Å². The number of hydrogen-bond acceptors (Lipinski definition) is 2. The van der Waals surface area contributed by atoms with Crippen molar-refractivity contribution in [3.63, 3.8) is 0 Å².